The van der Waals surface area contributed by atoms with E-state index >= 15 is 0 Å². The number of nitrogens with two attached hydrogens (primary N) is 1. The van der Waals surface area contributed by atoms with Crippen LogP contribution in [0.4, 0.5) is 0 Å². The van der Waals surface area contributed by atoms with E-state index in [-0.39, 0.29) is 5.91 Å². The Labute approximate surface area is 122 Å². The first-order valence-electron chi connectivity index (χ1n) is 6.89. The summed E-state index contributed by atoms with van der Waals surface area (Å²) in [6, 6.07) is 12.9. The molecule has 1 aliphatic rings. The third-order valence-electron chi connectivity index (χ3n) is 3.69. The SMILES string of the molecule is NC(=O)c1csc(CNC(c2ccccc2)C2CC2)c1. The fraction of sp³-hybridized carbons (Fsp3) is 0.312. The molecular weight excluding hydrogens is 268 g/mol. The molecule has 1 aliphatic carbocycles. The number of carbonyl (C=O) groups excluding carboxylic acids is 1. The first-order chi connectivity index (χ1) is 9.74. The van der Waals surface area contributed by atoms with Gasteiger partial charge in [-0.15, -0.1) is 11.3 Å². The second-order valence-corrected chi connectivity index (χ2v) is 6.27. The first kappa shape index (κ1) is 13.3. The number of amides is 1. The van der Waals surface area contributed by atoms with Crippen LogP contribution in [0.25, 0.3) is 0 Å². The van der Waals surface area contributed by atoms with E-state index in [0.29, 0.717) is 11.6 Å². The molecule has 1 unspecified atom stereocenters. The first-order valence-corrected chi connectivity index (χ1v) is 7.77. The van der Waals surface area contributed by atoms with Gasteiger partial charge < -0.3 is 11.1 Å². The molecule has 0 spiro atoms. The van der Waals surface area contributed by atoms with Gasteiger partial charge in [0.1, 0.15) is 0 Å². The van der Waals surface area contributed by atoms with Crippen LogP contribution in [0.5, 0.6) is 0 Å². The van der Waals surface area contributed by atoms with Crippen LogP contribution in [0.1, 0.15) is 39.7 Å². The Hall–Kier alpha value is -1.65. The lowest BCUT2D eigenvalue weighted by atomic mass is 10.0. The van der Waals surface area contributed by atoms with Gasteiger partial charge in [0.25, 0.3) is 0 Å². The highest BCUT2D eigenvalue weighted by molar-refractivity contribution is 7.10. The van der Waals surface area contributed by atoms with Crippen molar-refractivity contribution in [3.8, 4) is 0 Å². The largest absolute Gasteiger partial charge is 0.366 e. The van der Waals surface area contributed by atoms with E-state index in [2.05, 4.69) is 29.6 Å². The normalized spacial score (nSPS) is 16.0. The van der Waals surface area contributed by atoms with Crippen molar-refractivity contribution in [1.82, 2.24) is 5.32 Å². The standard InChI is InChI=1S/C16H18N2OS/c17-16(19)13-8-14(20-10-13)9-18-15(12-6-7-12)11-4-2-1-3-5-11/h1-5,8,10,12,15,18H,6-7,9H2,(H2,17,19). The van der Waals surface area contributed by atoms with Crippen molar-refractivity contribution in [2.75, 3.05) is 0 Å². The van der Waals surface area contributed by atoms with Gasteiger partial charge in [0.15, 0.2) is 0 Å². The predicted octanol–water partition coefficient (Wildman–Crippen LogP) is 3.09. The topological polar surface area (TPSA) is 55.1 Å². The van der Waals surface area contributed by atoms with Gasteiger partial charge in [0.05, 0.1) is 5.56 Å². The van der Waals surface area contributed by atoms with Crippen molar-refractivity contribution >= 4 is 17.2 Å². The van der Waals surface area contributed by atoms with E-state index in [4.69, 9.17) is 5.73 Å². The van der Waals surface area contributed by atoms with Crippen LogP contribution in [0.15, 0.2) is 41.8 Å². The van der Waals surface area contributed by atoms with Gasteiger partial charge in [0, 0.05) is 22.8 Å². The van der Waals surface area contributed by atoms with Crippen molar-refractivity contribution in [2.45, 2.75) is 25.4 Å². The summed E-state index contributed by atoms with van der Waals surface area (Å²) >= 11 is 1.58. The van der Waals surface area contributed by atoms with Crippen LogP contribution in [0.2, 0.25) is 0 Å². The summed E-state index contributed by atoms with van der Waals surface area (Å²) in [5.41, 5.74) is 7.23. The second-order valence-electron chi connectivity index (χ2n) is 5.27. The van der Waals surface area contributed by atoms with Crippen LogP contribution in [-0.2, 0) is 6.54 Å². The number of primary amides is 1. The third-order valence-corrected chi connectivity index (χ3v) is 4.62. The van der Waals surface area contributed by atoms with Gasteiger partial charge in [-0.05, 0) is 30.4 Å². The zero-order valence-electron chi connectivity index (χ0n) is 11.2. The maximum Gasteiger partial charge on any atom is 0.249 e. The van der Waals surface area contributed by atoms with Crippen LogP contribution in [0.3, 0.4) is 0 Å². The van der Waals surface area contributed by atoms with E-state index in [0.717, 1.165) is 17.3 Å². The maximum atomic E-state index is 11.1. The van der Waals surface area contributed by atoms with Gasteiger partial charge in [-0.2, -0.15) is 0 Å². The van der Waals surface area contributed by atoms with Crippen LogP contribution in [-0.4, -0.2) is 5.91 Å². The number of hydrogen-bond donors (Lipinski definition) is 2. The lowest BCUT2D eigenvalue weighted by molar-refractivity contribution is 0.100. The number of thiophene rings is 1. The minimum Gasteiger partial charge on any atom is -0.366 e. The maximum absolute atomic E-state index is 11.1. The zero-order valence-corrected chi connectivity index (χ0v) is 12.0. The molecular formula is C16H18N2OS. The van der Waals surface area contributed by atoms with Crippen molar-refractivity contribution < 1.29 is 4.79 Å². The average molecular weight is 286 g/mol. The number of hydrogen-bond acceptors (Lipinski definition) is 3. The predicted molar refractivity (Wildman–Crippen MR) is 81.6 cm³/mol. The Morgan fingerprint density at radius 2 is 2.10 bits per heavy atom. The molecule has 0 radical (unpaired) electrons. The van der Waals surface area contributed by atoms with Gasteiger partial charge >= 0.3 is 0 Å². The quantitative estimate of drug-likeness (QED) is 0.857. The molecule has 1 aromatic heterocycles. The number of rotatable bonds is 6. The van der Waals surface area contributed by atoms with E-state index in [1.165, 1.54) is 18.4 Å². The van der Waals surface area contributed by atoms with Crippen molar-refractivity contribution in [3.63, 3.8) is 0 Å². The van der Waals surface area contributed by atoms with Crippen LogP contribution >= 0.6 is 11.3 Å². The van der Waals surface area contributed by atoms with Crippen molar-refractivity contribution in [2.24, 2.45) is 11.7 Å². The summed E-state index contributed by atoms with van der Waals surface area (Å²) in [5, 5.41) is 5.45. The molecule has 1 fully saturated rings. The summed E-state index contributed by atoms with van der Waals surface area (Å²) in [7, 11) is 0. The molecule has 3 nitrogen and oxygen atoms in total. The van der Waals surface area contributed by atoms with E-state index in [1.54, 1.807) is 11.3 Å². The molecule has 1 atom stereocenters. The Morgan fingerprint density at radius 3 is 2.70 bits per heavy atom. The van der Waals surface area contributed by atoms with E-state index in [9.17, 15) is 4.79 Å². The van der Waals surface area contributed by atoms with E-state index < -0.39 is 0 Å². The lowest BCUT2D eigenvalue weighted by Gasteiger charge is -2.18. The summed E-state index contributed by atoms with van der Waals surface area (Å²) in [4.78, 5) is 12.3. The van der Waals surface area contributed by atoms with E-state index in [1.807, 2.05) is 17.5 Å². The molecule has 104 valence electrons. The third kappa shape index (κ3) is 3.08. The van der Waals surface area contributed by atoms with Crippen LogP contribution < -0.4 is 11.1 Å². The Kier molecular flexibility index (Phi) is 3.85. The highest BCUT2D eigenvalue weighted by Crippen LogP contribution is 2.41. The smallest absolute Gasteiger partial charge is 0.249 e. The minimum atomic E-state index is -0.352. The minimum absolute atomic E-state index is 0.352. The molecule has 1 amide bonds. The Morgan fingerprint density at radius 1 is 1.35 bits per heavy atom. The number of benzene rings is 1. The molecule has 1 heterocycles. The van der Waals surface area contributed by atoms with Gasteiger partial charge in [0.2, 0.25) is 5.91 Å². The molecule has 3 N–H and O–H groups in total. The molecule has 2 aromatic rings. The van der Waals surface area contributed by atoms with Crippen LogP contribution in [0, 0.1) is 5.92 Å². The Bertz CT molecular complexity index is 590. The molecule has 3 rings (SSSR count). The summed E-state index contributed by atoms with van der Waals surface area (Å²) in [6.07, 6.45) is 2.59. The molecule has 1 saturated carbocycles. The molecule has 1 aromatic carbocycles. The molecule has 0 saturated heterocycles. The second kappa shape index (κ2) is 5.77. The Balaban J connectivity index is 1.67. The molecule has 20 heavy (non-hydrogen) atoms. The van der Waals surface area contributed by atoms with Crippen molar-refractivity contribution in [3.05, 3.63) is 57.8 Å². The fourth-order valence-electron chi connectivity index (χ4n) is 2.46. The number of carbonyl (C=O) groups is 1. The lowest BCUT2D eigenvalue weighted by Crippen LogP contribution is -2.22. The fourth-order valence-corrected chi connectivity index (χ4v) is 3.28. The monoisotopic (exact) mass is 286 g/mol. The zero-order chi connectivity index (χ0) is 13.9. The number of nitrogens with one attached hydrogen (secondary N) is 1. The average Bonchev–Trinajstić information content (AvgIpc) is 3.17. The summed E-state index contributed by atoms with van der Waals surface area (Å²) in [5.74, 6) is 0.391. The molecule has 4 heteroatoms. The summed E-state index contributed by atoms with van der Waals surface area (Å²) < 4.78 is 0. The molecule has 0 aliphatic heterocycles. The summed E-state index contributed by atoms with van der Waals surface area (Å²) in [6.45, 7) is 0.786. The molecule has 0 bridgehead atoms. The van der Waals surface area contributed by atoms with Gasteiger partial charge in [-0.3, -0.25) is 4.79 Å². The van der Waals surface area contributed by atoms with Gasteiger partial charge in [-0.1, -0.05) is 30.3 Å². The highest BCUT2D eigenvalue weighted by Gasteiger charge is 2.31. The van der Waals surface area contributed by atoms with Gasteiger partial charge in [-0.25, -0.2) is 0 Å². The van der Waals surface area contributed by atoms with Crippen molar-refractivity contribution in [1.29, 1.82) is 0 Å². The highest BCUT2D eigenvalue weighted by atomic mass is 32.1.